The fourth-order valence-corrected chi connectivity index (χ4v) is 1.48. The van der Waals surface area contributed by atoms with Gasteiger partial charge < -0.3 is 9.84 Å². The Morgan fingerprint density at radius 3 is 2.47 bits per heavy atom. The highest BCUT2D eigenvalue weighted by molar-refractivity contribution is 7.80. The van der Waals surface area contributed by atoms with E-state index in [4.69, 9.17) is 9.84 Å². The summed E-state index contributed by atoms with van der Waals surface area (Å²) in [6.07, 6.45) is 1.49. The summed E-state index contributed by atoms with van der Waals surface area (Å²) in [7, 11) is 0. The average Bonchev–Trinajstić information content (AvgIpc) is 2.58. The first-order chi connectivity index (χ1) is 8.06. The first-order valence-corrected chi connectivity index (χ1v) is 5.05. The van der Waals surface area contributed by atoms with Crippen molar-refractivity contribution >= 4 is 35.3 Å². The molecule has 86 valence electrons. The second-order valence-electron chi connectivity index (χ2n) is 3.28. The molecule has 0 radical (unpaired) electrons. The molecule has 0 unspecified atom stereocenters. The zero-order chi connectivity index (χ0) is 12.4. The summed E-state index contributed by atoms with van der Waals surface area (Å²) in [5, 5.41) is 11.1. The molecule has 6 heteroatoms. The van der Waals surface area contributed by atoms with Gasteiger partial charge in [-0.1, -0.05) is 12.1 Å². The summed E-state index contributed by atoms with van der Waals surface area (Å²) >= 11 is 4.67. The molecule has 0 aliphatic carbocycles. The van der Waals surface area contributed by atoms with Gasteiger partial charge in [0.25, 0.3) is 11.1 Å². The molecular weight excluding hydrogens is 242 g/mol. The fraction of sp³-hybridized carbons (Fsp3) is 0. The summed E-state index contributed by atoms with van der Waals surface area (Å²) in [6, 6.07) is 6.04. The van der Waals surface area contributed by atoms with Gasteiger partial charge in [-0.25, -0.2) is 4.79 Å². The van der Waals surface area contributed by atoms with Crippen molar-refractivity contribution in [3.8, 4) is 0 Å². The summed E-state index contributed by atoms with van der Waals surface area (Å²) in [6.45, 7) is 0. The highest BCUT2D eigenvalue weighted by Gasteiger charge is 2.22. The van der Waals surface area contributed by atoms with Gasteiger partial charge in [0, 0.05) is 0 Å². The van der Waals surface area contributed by atoms with Gasteiger partial charge in [-0.3, -0.25) is 10.1 Å². The number of hydrogen-bond donors (Lipinski definition) is 2. The van der Waals surface area contributed by atoms with Crippen LogP contribution < -0.4 is 5.32 Å². The van der Waals surface area contributed by atoms with Crippen LogP contribution in [-0.4, -0.2) is 22.2 Å². The standard InChI is InChI=1S/C11H7NO4S/c13-9-8(16-11(17)12-9)5-6-1-3-7(4-2-6)10(14)15/h1-5H,(H,14,15)(H,12,13,17). The summed E-state index contributed by atoms with van der Waals surface area (Å²) in [5.41, 5.74) is 0.837. The van der Waals surface area contributed by atoms with E-state index in [0.717, 1.165) is 0 Å². The van der Waals surface area contributed by atoms with Crippen LogP contribution in [0.15, 0.2) is 30.0 Å². The van der Waals surface area contributed by atoms with Gasteiger partial charge in [0.05, 0.1) is 5.56 Å². The molecule has 0 aromatic heterocycles. The molecular formula is C11H7NO4S. The lowest BCUT2D eigenvalue weighted by molar-refractivity contribution is -0.116. The maximum atomic E-state index is 11.3. The summed E-state index contributed by atoms with van der Waals surface area (Å²) in [5.74, 6) is -1.31. The van der Waals surface area contributed by atoms with Crippen LogP contribution in [0.2, 0.25) is 0 Å². The van der Waals surface area contributed by atoms with Gasteiger partial charge in [-0.15, -0.1) is 0 Å². The Balaban J connectivity index is 2.24. The highest BCUT2D eigenvalue weighted by atomic mass is 32.1. The molecule has 1 aliphatic heterocycles. The predicted molar refractivity (Wildman–Crippen MR) is 63.2 cm³/mol. The fourth-order valence-electron chi connectivity index (χ4n) is 1.29. The number of carbonyl (C=O) groups excluding carboxylic acids is 1. The van der Waals surface area contributed by atoms with Crippen molar-refractivity contribution in [3.63, 3.8) is 0 Å². The molecule has 1 fully saturated rings. The van der Waals surface area contributed by atoms with Crippen molar-refractivity contribution in [1.82, 2.24) is 5.32 Å². The Labute approximate surface area is 102 Å². The maximum Gasteiger partial charge on any atom is 0.335 e. The lowest BCUT2D eigenvalue weighted by atomic mass is 10.1. The minimum absolute atomic E-state index is 0.0170. The van der Waals surface area contributed by atoms with Crippen LogP contribution in [0.5, 0.6) is 0 Å². The molecule has 17 heavy (non-hydrogen) atoms. The van der Waals surface area contributed by atoms with Crippen LogP contribution in [0.25, 0.3) is 6.08 Å². The zero-order valence-corrected chi connectivity index (χ0v) is 9.28. The van der Waals surface area contributed by atoms with Crippen molar-refractivity contribution in [2.24, 2.45) is 0 Å². The molecule has 0 atom stereocenters. The van der Waals surface area contributed by atoms with Crippen LogP contribution in [0, 0.1) is 0 Å². The van der Waals surface area contributed by atoms with Gasteiger partial charge in [0.15, 0.2) is 5.76 Å². The molecule has 0 saturated carbocycles. The first-order valence-electron chi connectivity index (χ1n) is 4.64. The van der Waals surface area contributed by atoms with E-state index in [9.17, 15) is 9.59 Å². The number of carbonyl (C=O) groups is 2. The minimum Gasteiger partial charge on any atom is -0.478 e. The molecule has 5 nitrogen and oxygen atoms in total. The third-order valence-electron chi connectivity index (χ3n) is 2.10. The Morgan fingerprint density at radius 1 is 1.35 bits per heavy atom. The molecule has 2 N–H and O–H groups in total. The largest absolute Gasteiger partial charge is 0.478 e. The van der Waals surface area contributed by atoms with Crippen molar-refractivity contribution < 1.29 is 19.4 Å². The normalized spacial score (nSPS) is 16.8. The smallest absolute Gasteiger partial charge is 0.335 e. The zero-order valence-electron chi connectivity index (χ0n) is 8.47. The number of carboxylic acids is 1. The van der Waals surface area contributed by atoms with Gasteiger partial charge in [0.1, 0.15) is 0 Å². The van der Waals surface area contributed by atoms with Crippen molar-refractivity contribution in [2.45, 2.75) is 0 Å². The molecule has 1 aliphatic rings. The Hall–Kier alpha value is -2.21. The van der Waals surface area contributed by atoms with Gasteiger partial charge in [-0.05, 0) is 36.0 Å². The second kappa shape index (κ2) is 4.34. The molecule has 0 bridgehead atoms. The van der Waals surface area contributed by atoms with E-state index in [0.29, 0.717) is 5.56 Å². The quantitative estimate of drug-likeness (QED) is 0.607. The third kappa shape index (κ3) is 2.48. The number of ether oxygens (including phenoxy) is 1. The first kappa shape index (κ1) is 11.3. The van der Waals surface area contributed by atoms with E-state index in [1.807, 2.05) is 0 Å². The topological polar surface area (TPSA) is 75.6 Å². The Morgan fingerprint density at radius 2 is 2.00 bits per heavy atom. The number of rotatable bonds is 2. The number of hydrogen-bond acceptors (Lipinski definition) is 4. The SMILES string of the molecule is O=C1NC(=S)OC1=Cc1ccc(C(=O)O)cc1. The molecule has 1 saturated heterocycles. The van der Waals surface area contributed by atoms with Crippen LogP contribution in [0.3, 0.4) is 0 Å². The van der Waals surface area contributed by atoms with E-state index in [-0.39, 0.29) is 16.5 Å². The van der Waals surface area contributed by atoms with E-state index in [2.05, 4.69) is 17.5 Å². The second-order valence-corrected chi connectivity index (χ2v) is 3.65. The van der Waals surface area contributed by atoms with Crippen LogP contribution >= 0.6 is 12.2 Å². The highest BCUT2D eigenvalue weighted by Crippen LogP contribution is 2.13. The number of aromatic carboxylic acids is 1. The molecule has 1 heterocycles. The van der Waals surface area contributed by atoms with Crippen LogP contribution in [0.1, 0.15) is 15.9 Å². The van der Waals surface area contributed by atoms with E-state index < -0.39 is 11.9 Å². The molecule has 1 aromatic carbocycles. The van der Waals surface area contributed by atoms with Crippen molar-refractivity contribution in [3.05, 3.63) is 41.2 Å². The summed E-state index contributed by atoms with van der Waals surface area (Å²) < 4.78 is 4.97. The number of nitrogens with one attached hydrogen (secondary N) is 1. The van der Waals surface area contributed by atoms with Gasteiger partial charge in [-0.2, -0.15) is 0 Å². The average molecular weight is 249 g/mol. The van der Waals surface area contributed by atoms with Crippen molar-refractivity contribution in [1.29, 1.82) is 0 Å². The molecule has 2 rings (SSSR count). The van der Waals surface area contributed by atoms with Gasteiger partial charge in [0.2, 0.25) is 0 Å². The lowest BCUT2D eigenvalue weighted by Gasteiger charge is -1.97. The van der Waals surface area contributed by atoms with Crippen molar-refractivity contribution in [2.75, 3.05) is 0 Å². The van der Waals surface area contributed by atoms with E-state index in [1.54, 1.807) is 12.1 Å². The maximum absolute atomic E-state index is 11.3. The lowest BCUT2D eigenvalue weighted by Crippen LogP contribution is -2.18. The number of benzene rings is 1. The molecule has 0 spiro atoms. The molecule has 1 aromatic rings. The third-order valence-corrected chi connectivity index (χ3v) is 2.28. The minimum atomic E-state index is -1.000. The Bertz CT molecular complexity index is 533. The monoisotopic (exact) mass is 249 g/mol. The molecule has 1 amide bonds. The Kier molecular flexibility index (Phi) is 2.88. The summed E-state index contributed by atoms with van der Waals surface area (Å²) in [4.78, 5) is 21.9. The van der Waals surface area contributed by atoms with E-state index in [1.165, 1.54) is 18.2 Å². The van der Waals surface area contributed by atoms with Crippen LogP contribution in [-0.2, 0) is 9.53 Å². The number of amides is 1. The van der Waals surface area contributed by atoms with Gasteiger partial charge >= 0.3 is 5.97 Å². The predicted octanol–water partition coefficient (Wildman–Crippen LogP) is 1.16. The van der Waals surface area contributed by atoms with Crippen LogP contribution in [0.4, 0.5) is 0 Å². The number of thiocarbonyl (C=S) groups is 1. The number of carboxylic acid groups (broad SMARTS) is 1. The van der Waals surface area contributed by atoms with E-state index >= 15 is 0 Å².